The van der Waals surface area contributed by atoms with Gasteiger partial charge >= 0.3 is 0 Å². The summed E-state index contributed by atoms with van der Waals surface area (Å²) in [5.74, 6) is -0.265. The van der Waals surface area contributed by atoms with Crippen molar-refractivity contribution in [3.05, 3.63) is 59.8 Å². The molecule has 1 aromatic heterocycles. The highest BCUT2D eigenvalue weighted by molar-refractivity contribution is 5.83. The van der Waals surface area contributed by atoms with E-state index < -0.39 is 0 Å². The van der Waals surface area contributed by atoms with Crippen LogP contribution in [-0.2, 0) is 17.6 Å². The monoisotopic (exact) mass is 403 g/mol. The second-order valence-electron chi connectivity index (χ2n) is 8.43. The van der Waals surface area contributed by atoms with E-state index in [1.807, 2.05) is 6.20 Å². The third-order valence-electron chi connectivity index (χ3n) is 6.47. The molecule has 5 rings (SSSR count). The van der Waals surface area contributed by atoms with Gasteiger partial charge in [0.15, 0.2) is 0 Å². The predicted molar refractivity (Wildman–Crippen MR) is 122 cm³/mol. The van der Waals surface area contributed by atoms with Gasteiger partial charge in [-0.15, -0.1) is 0 Å². The van der Waals surface area contributed by atoms with Crippen LogP contribution >= 0.6 is 0 Å². The van der Waals surface area contributed by atoms with Gasteiger partial charge in [0.2, 0.25) is 5.91 Å². The molecule has 1 saturated heterocycles. The maximum absolute atomic E-state index is 11.2. The largest absolute Gasteiger partial charge is 0.369 e. The van der Waals surface area contributed by atoms with Gasteiger partial charge in [-0.05, 0) is 54.3 Å². The van der Waals surface area contributed by atoms with Crippen molar-refractivity contribution >= 4 is 28.2 Å². The van der Waals surface area contributed by atoms with Crippen LogP contribution in [0.2, 0.25) is 0 Å². The number of primary amides is 1. The topological polar surface area (TPSA) is 68.6 Å². The molecule has 6 nitrogen and oxygen atoms in total. The normalized spacial score (nSPS) is 16.9. The molecule has 3 N–H and O–H groups in total. The van der Waals surface area contributed by atoms with Gasteiger partial charge in [-0.1, -0.05) is 12.1 Å². The smallest absolute Gasteiger partial charge is 0.236 e. The van der Waals surface area contributed by atoms with E-state index in [0.717, 1.165) is 52.1 Å². The first-order valence-corrected chi connectivity index (χ1v) is 10.9. The molecule has 6 heteroatoms. The van der Waals surface area contributed by atoms with Gasteiger partial charge in [-0.3, -0.25) is 9.69 Å². The third-order valence-corrected chi connectivity index (χ3v) is 6.47. The summed E-state index contributed by atoms with van der Waals surface area (Å²) >= 11 is 0. The second-order valence-corrected chi connectivity index (χ2v) is 8.43. The Hall–Kier alpha value is -2.99. The van der Waals surface area contributed by atoms with E-state index >= 15 is 0 Å². The number of carbonyl (C=O) groups is 1. The van der Waals surface area contributed by atoms with Crippen LogP contribution in [-0.4, -0.2) is 61.6 Å². The molecule has 0 atom stereocenters. The molecule has 2 aliphatic rings. The zero-order valence-electron chi connectivity index (χ0n) is 17.3. The van der Waals surface area contributed by atoms with Gasteiger partial charge in [0.1, 0.15) is 0 Å². The number of H-pyrrole nitrogens is 1. The number of hydrogen-bond donors (Lipinski definition) is 2. The number of fused-ring (bicyclic) bond motifs is 2. The first-order valence-electron chi connectivity index (χ1n) is 10.9. The molecule has 3 aromatic rings. The summed E-state index contributed by atoms with van der Waals surface area (Å²) in [5.41, 5.74) is 11.8. The number of aromatic nitrogens is 1. The van der Waals surface area contributed by atoms with Crippen molar-refractivity contribution in [1.29, 1.82) is 0 Å². The SMILES string of the molecule is NC(=O)CN1CCc2cc(CCN3CCN(c4ccc5[nH]ccc5c4)CC3)ccc21. The molecular weight excluding hydrogens is 374 g/mol. The fourth-order valence-electron chi connectivity index (χ4n) is 4.79. The van der Waals surface area contributed by atoms with E-state index in [4.69, 9.17) is 5.73 Å². The van der Waals surface area contributed by atoms with Crippen LogP contribution in [0.4, 0.5) is 11.4 Å². The van der Waals surface area contributed by atoms with E-state index in [9.17, 15) is 4.79 Å². The van der Waals surface area contributed by atoms with E-state index in [1.54, 1.807) is 0 Å². The first-order chi connectivity index (χ1) is 14.7. The number of nitrogens with one attached hydrogen (secondary N) is 1. The molecule has 3 heterocycles. The second kappa shape index (κ2) is 8.03. The number of nitrogens with zero attached hydrogens (tertiary/aromatic N) is 3. The van der Waals surface area contributed by atoms with E-state index in [1.165, 1.54) is 33.4 Å². The molecule has 0 unspecified atom stereocenters. The fraction of sp³-hybridized carbons (Fsp3) is 0.375. The summed E-state index contributed by atoms with van der Waals surface area (Å²) in [5, 5.41) is 1.28. The Bertz CT molecular complexity index is 1050. The van der Waals surface area contributed by atoms with E-state index in [0.29, 0.717) is 6.54 Å². The third kappa shape index (κ3) is 3.87. The van der Waals surface area contributed by atoms with Crippen LogP contribution in [0, 0.1) is 0 Å². The lowest BCUT2D eigenvalue weighted by Gasteiger charge is -2.36. The Balaban J connectivity index is 1.14. The summed E-state index contributed by atoms with van der Waals surface area (Å²) in [6, 6.07) is 15.5. The van der Waals surface area contributed by atoms with Gasteiger partial charge < -0.3 is 20.5 Å². The lowest BCUT2D eigenvalue weighted by atomic mass is 10.1. The minimum absolute atomic E-state index is 0.265. The minimum Gasteiger partial charge on any atom is -0.369 e. The Morgan fingerprint density at radius 3 is 2.70 bits per heavy atom. The van der Waals surface area contributed by atoms with Crippen LogP contribution in [0.3, 0.4) is 0 Å². The van der Waals surface area contributed by atoms with Crippen molar-refractivity contribution in [2.75, 3.05) is 55.6 Å². The number of nitrogens with two attached hydrogens (primary N) is 1. The minimum atomic E-state index is -0.265. The first kappa shape index (κ1) is 19.0. The number of carbonyl (C=O) groups excluding carboxylic acids is 1. The van der Waals surface area contributed by atoms with Gasteiger partial charge in [0.05, 0.1) is 6.54 Å². The van der Waals surface area contributed by atoms with Crippen LogP contribution in [0.1, 0.15) is 11.1 Å². The molecule has 1 fully saturated rings. The Labute approximate surface area is 177 Å². The summed E-state index contributed by atoms with van der Waals surface area (Å²) in [7, 11) is 0. The maximum Gasteiger partial charge on any atom is 0.236 e. The number of piperazine rings is 1. The van der Waals surface area contributed by atoms with Crippen molar-refractivity contribution in [2.45, 2.75) is 12.8 Å². The number of anilines is 2. The van der Waals surface area contributed by atoms with E-state index in [-0.39, 0.29) is 5.91 Å². The molecular formula is C24H29N5O. The van der Waals surface area contributed by atoms with E-state index in [2.05, 4.69) is 62.1 Å². The number of amides is 1. The summed E-state index contributed by atoms with van der Waals surface area (Å²) in [6.07, 6.45) is 4.07. The average molecular weight is 404 g/mol. The molecule has 2 aromatic carbocycles. The molecule has 156 valence electrons. The maximum atomic E-state index is 11.2. The van der Waals surface area contributed by atoms with Crippen molar-refractivity contribution < 1.29 is 4.79 Å². The molecule has 0 spiro atoms. The van der Waals surface area contributed by atoms with Gasteiger partial charge in [0, 0.05) is 67.7 Å². The molecule has 1 amide bonds. The summed E-state index contributed by atoms with van der Waals surface area (Å²) in [4.78, 5) is 21.7. The van der Waals surface area contributed by atoms with Crippen molar-refractivity contribution in [1.82, 2.24) is 9.88 Å². The van der Waals surface area contributed by atoms with Gasteiger partial charge in [-0.25, -0.2) is 0 Å². The molecule has 0 saturated carbocycles. The highest BCUT2D eigenvalue weighted by Crippen LogP contribution is 2.29. The van der Waals surface area contributed by atoms with Crippen LogP contribution in [0.25, 0.3) is 10.9 Å². The highest BCUT2D eigenvalue weighted by Gasteiger charge is 2.21. The number of hydrogen-bond acceptors (Lipinski definition) is 4. The Kier molecular flexibility index (Phi) is 5.09. The lowest BCUT2D eigenvalue weighted by Crippen LogP contribution is -2.47. The van der Waals surface area contributed by atoms with Crippen LogP contribution < -0.4 is 15.5 Å². The molecule has 0 bridgehead atoms. The van der Waals surface area contributed by atoms with Crippen molar-refractivity contribution in [3.63, 3.8) is 0 Å². The molecule has 2 aliphatic heterocycles. The predicted octanol–water partition coefficient (Wildman–Crippen LogP) is 2.38. The summed E-state index contributed by atoms with van der Waals surface area (Å²) in [6.45, 7) is 6.63. The zero-order valence-corrected chi connectivity index (χ0v) is 17.3. The summed E-state index contributed by atoms with van der Waals surface area (Å²) < 4.78 is 0. The molecule has 30 heavy (non-hydrogen) atoms. The number of rotatable bonds is 6. The number of benzene rings is 2. The van der Waals surface area contributed by atoms with Gasteiger partial charge in [0.25, 0.3) is 0 Å². The average Bonchev–Trinajstić information content (AvgIpc) is 3.38. The number of aromatic amines is 1. The lowest BCUT2D eigenvalue weighted by molar-refractivity contribution is -0.116. The Morgan fingerprint density at radius 2 is 1.87 bits per heavy atom. The Morgan fingerprint density at radius 1 is 1.00 bits per heavy atom. The van der Waals surface area contributed by atoms with Crippen LogP contribution in [0.15, 0.2) is 48.7 Å². The standard InChI is InChI=1S/C24H29N5O/c25-24(30)17-29-10-7-20-15-18(1-4-23(20)29)6-9-27-11-13-28(14-12-27)21-2-3-22-19(16-21)5-8-26-22/h1-5,8,15-16,26H,6-7,9-14,17H2,(H2,25,30). The van der Waals surface area contributed by atoms with Gasteiger partial charge in [-0.2, -0.15) is 0 Å². The quantitative estimate of drug-likeness (QED) is 0.663. The van der Waals surface area contributed by atoms with Crippen molar-refractivity contribution in [3.8, 4) is 0 Å². The molecule has 0 aliphatic carbocycles. The fourth-order valence-corrected chi connectivity index (χ4v) is 4.79. The molecule has 0 radical (unpaired) electrons. The highest BCUT2D eigenvalue weighted by atomic mass is 16.1. The van der Waals surface area contributed by atoms with Crippen molar-refractivity contribution in [2.24, 2.45) is 5.73 Å². The van der Waals surface area contributed by atoms with Crippen LogP contribution in [0.5, 0.6) is 0 Å². The zero-order chi connectivity index (χ0) is 20.5.